The van der Waals surface area contributed by atoms with Crippen LogP contribution in [0.5, 0.6) is 11.5 Å². The van der Waals surface area contributed by atoms with E-state index in [1.165, 1.54) is 0 Å². The monoisotopic (exact) mass is 476 g/mol. The van der Waals surface area contributed by atoms with Crippen LogP contribution >= 0.6 is 0 Å². The number of rotatable bonds is 10. The molecule has 35 heavy (non-hydrogen) atoms. The Labute approximate surface area is 206 Å². The zero-order valence-electron chi connectivity index (χ0n) is 20.5. The third-order valence-electron chi connectivity index (χ3n) is 6.40. The Morgan fingerprint density at radius 3 is 2.43 bits per heavy atom. The van der Waals surface area contributed by atoms with Gasteiger partial charge >= 0.3 is 0 Å². The lowest BCUT2D eigenvalue weighted by molar-refractivity contribution is 0.0782. The summed E-state index contributed by atoms with van der Waals surface area (Å²) >= 11 is 0. The second-order valence-electron chi connectivity index (χ2n) is 8.58. The van der Waals surface area contributed by atoms with Crippen molar-refractivity contribution in [3.05, 3.63) is 82.7 Å². The molecule has 1 aliphatic rings. The zero-order valence-corrected chi connectivity index (χ0v) is 20.5. The molecule has 0 fully saturated rings. The maximum Gasteiger partial charge on any atom is 0.253 e. The number of aryl methyl sites for hydroxylation is 1. The predicted molar refractivity (Wildman–Crippen MR) is 133 cm³/mol. The van der Waals surface area contributed by atoms with Crippen molar-refractivity contribution in [2.75, 3.05) is 20.8 Å². The van der Waals surface area contributed by atoms with Crippen LogP contribution < -0.4 is 14.8 Å². The van der Waals surface area contributed by atoms with E-state index < -0.39 is 0 Å². The first kappa shape index (κ1) is 24.5. The summed E-state index contributed by atoms with van der Waals surface area (Å²) in [5.41, 5.74) is 3.82. The fourth-order valence-electron chi connectivity index (χ4n) is 4.49. The Bertz CT molecular complexity index is 1160. The molecule has 1 amide bonds. The van der Waals surface area contributed by atoms with Gasteiger partial charge in [0, 0.05) is 19.0 Å². The number of Topliss-reactive ketones (excluding diaryl/α,β-unsaturated/α-hetero) is 1. The first-order valence-electron chi connectivity index (χ1n) is 11.9. The van der Waals surface area contributed by atoms with E-state index >= 15 is 0 Å². The summed E-state index contributed by atoms with van der Waals surface area (Å²) in [6.45, 7) is 3.41. The number of carbonyl (C=O) groups excluding carboxylic acids is 2. The molecule has 7 heteroatoms. The van der Waals surface area contributed by atoms with Crippen molar-refractivity contribution in [1.82, 2.24) is 9.88 Å². The second-order valence-corrected chi connectivity index (χ2v) is 8.58. The average molecular weight is 477 g/mol. The summed E-state index contributed by atoms with van der Waals surface area (Å²) in [6, 6.07) is 17.1. The molecule has 2 heterocycles. The maximum atomic E-state index is 13.3. The number of amides is 1. The molecule has 0 saturated heterocycles. The summed E-state index contributed by atoms with van der Waals surface area (Å²) in [5.74, 6) is 1.18. The summed E-state index contributed by atoms with van der Waals surface area (Å²) in [4.78, 5) is 26.6. The molecule has 1 aliphatic heterocycles. The van der Waals surface area contributed by atoms with Gasteiger partial charge in [-0.1, -0.05) is 37.3 Å². The topological polar surface area (TPSA) is 78.8 Å². The van der Waals surface area contributed by atoms with Gasteiger partial charge < -0.3 is 24.1 Å². The Kier molecular flexibility index (Phi) is 7.87. The Morgan fingerprint density at radius 1 is 1.06 bits per heavy atom. The number of ether oxygens (including phenoxy) is 3. The standard InChI is InChI=1S/C28H32N2O5/c1-4-24(20-8-6-5-7-9-20)29-28(32)23-17-25(30-12-13-35-18-26(23)30)27(31)11-10-19-14-21(33-2)16-22(15-19)34-3/h5-9,14-17,24H,4,10-13,18H2,1-3H3,(H,29,32)/t24-/m1/s1. The van der Waals surface area contributed by atoms with E-state index in [1.807, 2.05) is 54.0 Å². The van der Waals surface area contributed by atoms with Crippen molar-refractivity contribution in [2.45, 2.75) is 45.4 Å². The fraction of sp³-hybridized carbons (Fsp3) is 0.357. The van der Waals surface area contributed by atoms with Crippen LogP contribution in [0.15, 0.2) is 54.6 Å². The van der Waals surface area contributed by atoms with Crippen molar-refractivity contribution in [3.8, 4) is 11.5 Å². The molecule has 0 aliphatic carbocycles. The molecule has 2 aromatic carbocycles. The Hall–Kier alpha value is -3.58. The third kappa shape index (κ3) is 5.57. The molecule has 3 aromatic rings. The van der Waals surface area contributed by atoms with Gasteiger partial charge in [-0.3, -0.25) is 9.59 Å². The first-order valence-corrected chi connectivity index (χ1v) is 11.9. The highest BCUT2D eigenvalue weighted by Gasteiger charge is 2.27. The maximum absolute atomic E-state index is 13.3. The van der Waals surface area contributed by atoms with Crippen LogP contribution in [-0.4, -0.2) is 37.1 Å². The minimum Gasteiger partial charge on any atom is -0.497 e. The summed E-state index contributed by atoms with van der Waals surface area (Å²) in [6.07, 6.45) is 1.61. The number of carbonyl (C=O) groups is 2. The van der Waals surface area contributed by atoms with Crippen LogP contribution in [0.1, 0.15) is 63.5 Å². The minimum atomic E-state index is -0.188. The van der Waals surface area contributed by atoms with Gasteiger partial charge in [0.1, 0.15) is 11.5 Å². The lowest BCUT2D eigenvalue weighted by atomic mass is 10.0. The quantitative estimate of drug-likeness (QED) is 0.428. The zero-order chi connectivity index (χ0) is 24.8. The number of methoxy groups -OCH3 is 2. The van der Waals surface area contributed by atoms with Crippen molar-refractivity contribution < 1.29 is 23.8 Å². The first-order chi connectivity index (χ1) is 17.0. The number of nitrogens with zero attached hydrogens (tertiary/aromatic N) is 1. The summed E-state index contributed by atoms with van der Waals surface area (Å²) in [5, 5.41) is 3.14. The molecular formula is C28H32N2O5. The number of ketones is 1. The van der Waals surface area contributed by atoms with Gasteiger partial charge in [0.2, 0.25) is 0 Å². The number of hydrogen-bond donors (Lipinski definition) is 1. The lowest BCUT2D eigenvalue weighted by Gasteiger charge is -2.20. The van der Waals surface area contributed by atoms with Gasteiger partial charge in [0.25, 0.3) is 5.91 Å². The number of benzene rings is 2. The molecular weight excluding hydrogens is 444 g/mol. The number of fused-ring (bicyclic) bond motifs is 1. The van der Waals surface area contributed by atoms with Crippen molar-refractivity contribution in [1.29, 1.82) is 0 Å². The molecule has 184 valence electrons. The SMILES string of the molecule is CC[C@@H](NC(=O)c1cc(C(=O)CCc2cc(OC)cc(OC)c2)n2c1COCC2)c1ccccc1. The highest BCUT2D eigenvalue weighted by Crippen LogP contribution is 2.26. The molecule has 7 nitrogen and oxygen atoms in total. The molecule has 4 rings (SSSR count). The normalized spacial score (nSPS) is 13.6. The molecule has 1 aromatic heterocycles. The summed E-state index contributed by atoms with van der Waals surface area (Å²) in [7, 11) is 3.21. The number of aromatic nitrogens is 1. The van der Waals surface area contributed by atoms with Crippen molar-refractivity contribution in [2.24, 2.45) is 0 Å². The third-order valence-corrected chi connectivity index (χ3v) is 6.40. The van der Waals surface area contributed by atoms with Gasteiger partial charge in [0.05, 0.1) is 50.4 Å². The minimum absolute atomic E-state index is 0.0101. The van der Waals surface area contributed by atoms with Crippen LogP contribution in [0.3, 0.4) is 0 Å². The van der Waals surface area contributed by atoms with Gasteiger partial charge in [-0.2, -0.15) is 0 Å². The van der Waals surface area contributed by atoms with Gasteiger partial charge in [-0.25, -0.2) is 0 Å². The second kappa shape index (κ2) is 11.2. The van der Waals surface area contributed by atoms with Crippen LogP contribution in [0, 0.1) is 0 Å². The molecule has 0 unspecified atom stereocenters. The van der Waals surface area contributed by atoms with Crippen LogP contribution in [-0.2, 0) is 24.3 Å². The summed E-state index contributed by atoms with van der Waals surface area (Å²) < 4.78 is 18.3. The number of nitrogens with one attached hydrogen (secondary N) is 1. The van der Waals surface area contributed by atoms with E-state index in [4.69, 9.17) is 14.2 Å². The molecule has 1 N–H and O–H groups in total. The fourth-order valence-corrected chi connectivity index (χ4v) is 4.49. The van der Waals surface area contributed by atoms with E-state index in [9.17, 15) is 9.59 Å². The van der Waals surface area contributed by atoms with Crippen molar-refractivity contribution >= 4 is 11.7 Å². The highest BCUT2D eigenvalue weighted by atomic mass is 16.5. The smallest absolute Gasteiger partial charge is 0.253 e. The largest absolute Gasteiger partial charge is 0.497 e. The molecule has 0 bridgehead atoms. The van der Waals surface area contributed by atoms with E-state index in [1.54, 1.807) is 26.4 Å². The predicted octanol–water partition coefficient (Wildman–Crippen LogP) is 4.73. The highest BCUT2D eigenvalue weighted by molar-refractivity contribution is 6.01. The van der Waals surface area contributed by atoms with E-state index in [-0.39, 0.29) is 17.7 Å². The number of hydrogen-bond acceptors (Lipinski definition) is 5. The molecule has 1 atom stereocenters. The van der Waals surface area contributed by atoms with Crippen LogP contribution in [0.4, 0.5) is 0 Å². The van der Waals surface area contributed by atoms with Gasteiger partial charge in [-0.15, -0.1) is 0 Å². The Balaban J connectivity index is 1.54. The molecule has 0 spiro atoms. The van der Waals surface area contributed by atoms with Crippen molar-refractivity contribution in [3.63, 3.8) is 0 Å². The lowest BCUT2D eigenvalue weighted by Crippen LogP contribution is -2.29. The Morgan fingerprint density at radius 2 is 1.77 bits per heavy atom. The molecule has 0 radical (unpaired) electrons. The van der Waals surface area contributed by atoms with Crippen LogP contribution in [0.25, 0.3) is 0 Å². The van der Waals surface area contributed by atoms with Crippen LogP contribution in [0.2, 0.25) is 0 Å². The van der Waals surface area contributed by atoms with E-state index in [2.05, 4.69) is 5.32 Å². The van der Waals surface area contributed by atoms with Gasteiger partial charge in [-0.05, 0) is 42.2 Å². The molecule has 0 saturated carbocycles. The van der Waals surface area contributed by atoms with Gasteiger partial charge in [0.15, 0.2) is 5.78 Å². The average Bonchev–Trinajstić information content (AvgIpc) is 3.30. The van der Waals surface area contributed by atoms with E-state index in [0.717, 1.165) is 23.2 Å². The van der Waals surface area contributed by atoms with E-state index in [0.29, 0.717) is 55.4 Å².